The lowest BCUT2D eigenvalue weighted by atomic mass is 10.2. The second-order valence-corrected chi connectivity index (χ2v) is 4.66. The minimum Gasteiger partial charge on any atom is -0.504 e. The zero-order valence-electron chi connectivity index (χ0n) is 11.7. The highest BCUT2D eigenvalue weighted by molar-refractivity contribution is 5.76. The van der Waals surface area contributed by atoms with Crippen molar-refractivity contribution in [3.63, 3.8) is 0 Å². The third-order valence-corrected chi connectivity index (χ3v) is 2.55. The topological polar surface area (TPSA) is 70.6 Å². The highest BCUT2D eigenvalue weighted by Gasteiger charge is 2.04. The van der Waals surface area contributed by atoms with Crippen LogP contribution < -0.4 is 15.4 Å². The fraction of sp³-hybridized carbons (Fsp3) is 0.500. The number of phenolic OH excluding ortho intramolecular Hbond substituents is 1. The molecule has 19 heavy (non-hydrogen) atoms. The van der Waals surface area contributed by atoms with Gasteiger partial charge in [-0.25, -0.2) is 0 Å². The van der Waals surface area contributed by atoms with Gasteiger partial charge in [-0.05, 0) is 31.5 Å². The number of phenols is 1. The molecule has 0 spiro atoms. The van der Waals surface area contributed by atoms with Crippen LogP contribution in [0.5, 0.6) is 11.5 Å². The maximum absolute atomic E-state index is 11.4. The first kappa shape index (κ1) is 15.3. The molecule has 0 atom stereocenters. The van der Waals surface area contributed by atoms with Crippen molar-refractivity contribution in [3.05, 3.63) is 23.8 Å². The van der Waals surface area contributed by atoms with Crippen LogP contribution in [0.1, 0.15) is 25.8 Å². The van der Waals surface area contributed by atoms with E-state index in [1.54, 1.807) is 12.1 Å². The van der Waals surface area contributed by atoms with Gasteiger partial charge in [-0.1, -0.05) is 6.07 Å². The van der Waals surface area contributed by atoms with Gasteiger partial charge in [0.05, 0.1) is 7.11 Å². The number of hydrogen-bond acceptors (Lipinski definition) is 4. The molecular weight excluding hydrogens is 244 g/mol. The summed E-state index contributed by atoms with van der Waals surface area (Å²) < 4.78 is 5.03. The SMILES string of the molecule is COc1cc(CNCCC(=O)NC(C)C)ccc1O. The molecule has 0 unspecified atom stereocenters. The maximum Gasteiger partial charge on any atom is 0.221 e. The van der Waals surface area contributed by atoms with Crippen molar-refractivity contribution in [2.24, 2.45) is 0 Å². The molecule has 0 bridgehead atoms. The standard InChI is InChI=1S/C14H22N2O3/c1-10(2)16-14(18)6-7-15-9-11-4-5-12(17)13(8-11)19-3/h4-5,8,10,15,17H,6-7,9H2,1-3H3,(H,16,18). The summed E-state index contributed by atoms with van der Waals surface area (Å²) in [5, 5.41) is 15.5. The van der Waals surface area contributed by atoms with Crippen molar-refractivity contribution in [1.82, 2.24) is 10.6 Å². The molecule has 0 aromatic heterocycles. The fourth-order valence-corrected chi connectivity index (χ4v) is 1.66. The lowest BCUT2D eigenvalue weighted by Crippen LogP contribution is -2.32. The lowest BCUT2D eigenvalue weighted by Gasteiger charge is -2.10. The maximum atomic E-state index is 11.4. The van der Waals surface area contributed by atoms with E-state index in [0.29, 0.717) is 25.3 Å². The molecule has 106 valence electrons. The van der Waals surface area contributed by atoms with E-state index in [1.807, 2.05) is 19.9 Å². The van der Waals surface area contributed by atoms with Crippen LogP contribution >= 0.6 is 0 Å². The summed E-state index contributed by atoms with van der Waals surface area (Å²) in [6.07, 6.45) is 0.452. The molecule has 0 saturated carbocycles. The molecule has 0 fully saturated rings. The number of methoxy groups -OCH3 is 1. The van der Waals surface area contributed by atoms with Crippen molar-refractivity contribution < 1.29 is 14.6 Å². The van der Waals surface area contributed by atoms with E-state index < -0.39 is 0 Å². The second kappa shape index (κ2) is 7.63. The quantitative estimate of drug-likeness (QED) is 0.653. The molecule has 0 aliphatic rings. The first-order chi connectivity index (χ1) is 9.02. The van der Waals surface area contributed by atoms with Gasteiger partial charge in [0.2, 0.25) is 5.91 Å². The van der Waals surface area contributed by atoms with Crippen LogP contribution in [0.25, 0.3) is 0 Å². The van der Waals surface area contributed by atoms with Crippen LogP contribution in [0.2, 0.25) is 0 Å². The predicted octanol–water partition coefficient (Wildman–Crippen LogP) is 1.41. The molecule has 0 radical (unpaired) electrons. The average Bonchev–Trinajstić information content (AvgIpc) is 2.35. The molecule has 0 aliphatic heterocycles. The summed E-state index contributed by atoms with van der Waals surface area (Å²) in [4.78, 5) is 11.4. The molecule has 0 aliphatic carbocycles. The van der Waals surface area contributed by atoms with Gasteiger partial charge in [0.25, 0.3) is 0 Å². The van der Waals surface area contributed by atoms with Crippen LogP contribution in [0.4, 0.5) is 0 Å². The van der Waals surface area contributed by atoms with E-state index in [1.165, 1.54) is 7.11 Å². The average molecular weight is 266 g/mol. The second-order valence-electron chi connectivity index (χ2n) is 4.66. The number of ether oxygens (including phenoxy) is 1. The van der Waals surface area contributed by atoms with E-state index in [2.05, 4.69) is 10.6 Å². The molecule has 1 amide bonds. The lowest BCUT2D eigenvalue weighted by molar-refractivity contribution is -0.121. The number of hydrogen-bond donors (Lipinski definition) is 3. The van der Waals surface area contributed by atoms with Gasteiger partial charge < -0.3 is 20.5 Å². The third kappa shape index (κ3) is 5.61. The highest BCUT2D eigenvalue weighted by Crippen LogP contribution is 2.25. The Labute approximate surface area is 114 Å². The first-order valence-electron chi connectivity index (χ1n) is 6.39. The molecule has 1 aromatic rings. The van der Waals surface area contributed by atoms with E-state index in [9.17, 15) is 9.90 Å². The zero-order valence-corrected chi connectivity index (χ0v) is 11.7. The number of amides is 1. The van der Waals surface area contributed by atoms with E-state index >= 15 is 0 Å². The van der Waals surface area contributed by atoms with Crippen molar-refractivity contribution >= 4 is 5.91 Å². The van der Waals surface area contributed by atoms with Crippen molar-refractivity contribution in [2.45, 2.75) is 32.9 Å². The van der Waals surface area contributed by atoms with Gasteiger partial charge >= 0.3 is 0 Å². The van der Waals surface area contributed by atoms with Crippen LogP contribution in [-0.4, -0.2) is 30.7 Å². The van der Waals surface area contributed by atoms with Crippen LogP contribution in [0, 0.1) is 0 Å². The van der Waals surface area contributed by atoms with Crippen molar-refractivity contribution in [3.8, 4) is 11.5 Å². The molecule has 0 heterocycles. The van der Waals surface area contributed by atoms with Crippen molar-refractivity contribution in [2.75, 3.05) is 13.7 Å². The Kier molecular flexibility index (Phi) is 6.15. The van der Waals surface area contributed by atoms with Crippen LogP contribution in [0.3, 0.4) is 0 Å². The Balaban J connectivity index is 2.31. The number of aromatic hydroxyl groups is 1. The molecule has 1 aromatic carbocycles. The molecule has 5 nitrogen and oxygen atoms in total. The molecule has 1 rings (SSSR count). The smallest absolute Gasteiger partial charge is 0.221 e. The fourth-order valence-electron chi connectivity index (χ4n) is 1.66. The summed E-state index contributed by atoms with van der Waals surface area (Å²) >= 11 is 0. The number of benzene rings is 1. The van der Waals surface area contributed by atoms with E-state index in [4.69, 9.17) is 4.74 Å². The summed E-state index contributed by atoms with van der Waals surface area (Å²) in [5.74, 6) is 0.630. The van der Waals surface area contributed by atoms with Gasteiger partial charge in [0.1, 0.15) is 0 Å². The zero-order chi connectivity index (χ0) is 14.3. The first-order valence-corrected chi connectivity index (χ1v) is 6.39. The van der Waals surface area contributed by atoms with Gasteiger partial charge in [-0.3, -0.25) is 4.79 Å². The number of rotatable bonds is 7. The highest BCUT2D eigenvalue weighted by atomic mass is 16.5. The van der Waals surface area contributed by atoms with E-state index in [-0.39, 0.29) is 17.7 Å². The molecule has 5 heteroatoms. The monoisotopic (exact) mass is 266 g/mol. The summed E-state index contributed by atoms with van der Waals surface area (Å²) in [6, 6.07) is 5.37. The minimum absolute atomic E-state index is 0.0470. The summed E-state index contributed by atoms with van der Waals surface area (Å²) in [6.45, 7) is 5.12. The summed E-state index contributed by atoms with van der Waals surface area (Å²) in [7, 11) is 1.52. The predicted molar refractivity (Wildman–Crippen MR) is 74.3 cm³/mol. The number of nitrogens with one attached hydrogen (secondary N) is 2. The minimum atomic E-state index is 0.0470. The normalized spacial score (nSPS) is 10.5. The number of carbonyl (C=O) groups excluding carboxylic acids is 1. The van der Waals surface area contributed by atoms with E-state index in [0.717, 1.165) is 5.56 Å². The van der Waals surface area contributed by atoms with Gasteiger partial charge in [0, 0.05) is 25.6 Å². The van der Waals surface area contributed by atoms with Crippen LogP contribution in [0.15, 0.2) is 18.2 Å². The molecule has 0 saturated heterocycles. The largest absolute Gasteiger partial charge is 0.504 e. The van der Waals surface area contributed by atoms with Crippen molar-refractivity contribution in [1.29, 1.82) is 0 Å². The Morgan fingerprint density at radius 1 is 1.42 bits per heavy atom. The Hall–Kier alpha value is -1.75. The Morgan fingerprint density at radius 2 is 2.16 bits per heavy atom. The van der Waals surface area contributed by atoms with Gasteiger partial charge in [0.15, 0.2) is 11.5 Å². The summed E-state index contributed by atoms with van der Waals surface area (Å²) in [5.41, 5.74) is 0.999. The van der Waals surface area contributed by atoms with Gasteiger partial charge in [-0.15, -0.1) is 0 Å². The van der Waals surface area contributed by atoms with Gasteiger partial charge in [-0.2, -0.15) is 0 Å². The molecular formula is C14H22N2O3. The Bertz CT molecular complexity index is 419. The Morgan fingerprint density at radius 3 is 2.79 bits per heavy atom. The molecule has 3 N–H and O–H groups in total. The number of carbonyl (C=O) groups is 1. The van der Waals surface area contributed by atoms with Crippen LogP contribution in [-0.2, 0) is 11.3 Å². The third-order valence-electron chi connectivity index (χ3n) is 2.55.